The third kappa shape index (κ3) is 18.6. The summed E-state index contributed by atoms with van der Waals surface area (Å²) < 4.78 is 86.8. The first kappa shape index (κ1) is 85.8. The molecule has 2 amide bonds. The van der Waals surface area contributed by atoms with Crippen molar-refractivity contribution < 1.29 is 55.2 Å². The average molecular weight is 1810 g/mol. The summed E-state index contributed by atoms with van der Waals surface area (Å²) in [6, 6.07) is 38.6. The SMILES string of the molecule is O=C(NS(=O)(=O)c1cc([N+](=O)[O-])c2c(cnn2CC2CCOCC2)c1)c1ccc(N2CCN(CC3=C(c4ccc(Cl)cc4)CC4(CCC4)CC3)CC2)cc1Oc1cnc2[nH]ccc2c1.O=C(NS(=O)(=O)c1cc([N+](=O)[O-])c2nn(CC3CCOCC3)cc2c1)c1ccc(N2CCN(CC3=C(c4ccc(Cl)cc4)CC4(CCC4)CC3)CC2)cc1Oc1cnc2[nH]ccc2c1. The molecule has 0 radical (unpaired) electrons. The number of hydrogen-bond donors (Lipinski definition) is 4. The third-order valence-corrected chi connectivity index (χ3v) is 30.5. The minimum Gasteiger partial charge on any atom is -0.455 e. The van der Waals surface area contributed by atoms with Crippen LogP contribution in [0.25, 0.3) is 55.0 Å². The number of fused-ring (bicyclic) bond motifs is 4. The van der Waals surface area contributed by atoms with E-state index in [0.717, 1.165) is 161 Å². The van der Waals surface area contributed by atoms with Crippen LogP contribution in [0.15, 0.2) is 192 Å². The van der Waals surface area contributed by atoms with E-state index < -0.39 is 62.9 Å². The second kappa shape index (κ2) is 36.1. The molecule has 20 rings (SSSR count). The number of hydrogen-bond acceptors (Lipinski definition) is 22. The number of piperazine rings is 2. The largest absolute Gasteiger partial charge is 0.455 e. The van der Waals surface area contributed by atoms with Gasteiger partial charge in [-0.2, -0.15) is 10.2 Å². The number of allylic oxidation sites excluding steroid dienone is 2. The lowest BCUT2D eigenvalue weighted by molar-refractivity contribution is -0.383. The number of carbonyl (C=O) groups excluding carboxylic acids is 2. The van der Waals surface area contributed by atoms with Crippen LogP contribution in [0.1, 0.15) is 135 Å². The molecular formula is C94H98Cl2N16O14S2. The number of halogens is 2. The van der Waals surface area contributed by atoms with Crippen molar-refractivity contribution in [3.8, 4) is 23.0 Å². The highest BCUT2D eigenvalue weighted by Gasteiger charge is 2.43. The molecule has 4 aliphatic carbocycles. The van der Waals surface area contributed by atoms with Crippen LogP contribution in [0.3, 0.4) is 0 Å². The molecule has 4 aliphatic heterocycles. The lowest BCUT2D eigenvalue weighted by Gasteiger charge is -2.47. The Morgan fingerprint density at radius 3 is 1.43 bits per heavy atom. The Hall–Kier alpha value is -11.6. The van der Waals surface area contributed by atoms with Gasteiger partial charge in [-0.1, -0.05) is 71.5 Å². The van der Waals surface area contributed by atoms with E-state index in [1.54, 1.807) is 76.5 Å². The van der Waals surface area contributed by atoms with Gasteiger partial charge >= 0.3 is 0 Å². The summed E-state index contributed by atoms with van der Waals surface area (Å²) in [5.41, 5.74) is 11.7. The van der Waals surface area contributed by atoms with Gasteiger partial charge in [-0.15, -0.1) is 0 Å². The monoisotopic (exact) mass is 1810 g/mol. The topological polar surface area (TPSA) is 356 Å². The fourth-order valence-corrected chi connectivity index (χ4v) is 22.1. The highest BCUT2D eigenvalue weighted by Crippen LogP contribution is 2.57. The van der Waals surface area contributed by atoms with E-state index in [-0.39, 0.29) is 56.3 Å². The summed E-state index contributed by atoms with van der Waals surface area (Å²) in [5.74, 6) is -0.462. The van der Waals surface area contributed by atoms with E-state index >= 15 is 0 Å². The number of carbonyl (C=O) groups is 2. The molecule has 6 aromatic heterocycles. The summed E-state index contributed by atoms with van der Waals surface area (Å²) in [5, 5.41) is 37.0. The highest BCUT2D eigenvalue weighted by molar-refractivity contribution is 7.90. The lowest BCUT2D eigenvalue weighted by Crippen LogP contribution is -2.47. The van der Waals surface area contributed by atoms with E-state index in [2.05, 4.69) is 83.4 Å². The molecule has 664 valence electrons. The Morgan fingerprint density at radius 2 is 0.977 bits per heavy atom. The zero-order valence-corrected chi connectivity index (χ0v) is 73.7. The first-order valence-corrected chi connectivity index (χ1v) is 47.7. The lowest BCUT2D eigenvalue weighted by atomic mass is 9.59. The number of amides is 2. The fourth-order valence-electron chi connectivity index (χ4n) is 19.8. The molecule has 0 unspecified atom stereocenters. The summed E-state index contributed by atoms with van der Waals surface area (Å²) >= 11 is 12.6. The minimum absolute atomic E-state index is 0.0387. The number of rotatable bonds is 24. The number of aromatic amines is 2. The summed E-state index contributed by atoms with van der Waals surface area (Å²) in [4.78, 5) is 75.1. The zero-order chi connectivity index (χ0) is 88.0. The number of anilines is 2. The molecule has 4 saturated heterocycles. The smallest absolute Gasteiger partial charge is 0.298 e. The van der Waals surface area contributed by atoms with Gasteiger partial charge in [0.05, 0.1) is 49.4 Å². The number of non-ortho nitro benzene ring substituents is 2. The molecule has 2 saturated carbocycles. The Labute approximate surface area is 749 Å². The molecule has 0 atom stereocenters. The van der Waals surface area contributed by atoms with Gasteiger partial charge in [0.25, 0.3) is 43.2 Å². The molecule has 12 aromatic rings. The fraction of sp³-hybridized carbons (Fsp3) is 0.383. The number of H-pyrrole nitrogens is 2. The standard InChI is InChI=1S/2C47H49ClN8O7S/c48-36-4-2-32(3-5-36)41-26-47(12-1-13-47)14-8-34(41)30-53-16-18-54(19-17-53)37-6-7-40(43(24-37)63-38-22-33-9-15-49-45(33)50-28-38)46(57)52-64(60,61)39-23-35-27-51-55(29-31-10-20-62-21-11-31)44(35)42(25-39)56(58)59;48-36-4-2-32(3-5-36)41-26-47(12-1-13-47)14-8-34(41)29-53-16-18-54(19-17-53)37-6-7-40(43(24-37)63-38-22-33-9-15-49-45(33)50-27-38)46(57)52-64(60,61)39-23-35-30-55(28-31-10-20-62-21-11-31)51-44(35)42(25-39)56(58)59/h2-7,9,15,22-25,27-28,31H,1,8,10-14,16-21,26,29-30H2,(H,49,50)(H,52,57);2-7,9,15,22-25,27,30-31H,1,8,10-14,16-21,26,28-29H2,(H,49,50)(H,52,57). The van der Waals surface area contributed by atoms with Gasteiger partial charge in [-0.25, -0.2) is 36.2 Å². The Kier molecular flexibility index (Phi) is 24.2. The van der Waals surface area contributed by atoms with Crippen LogP contribution in [0.2, 0.25) is 10.0 Å². The van der Waals surface area contributed by atoms with Crippen LogP contribution >= 0.6 is 23.2 Å². The van der Waals surface area contributed by atoms with Crippen molar-refractivity contribution in [1.29, 1.82) is 0 Å². The van der Waals surface area contributed by atoms with E-state index in [4.69, 9.17) is 42.1 Å². The molecule has 30 nitrogen and oxygen atoms in total. The van der Waals surface area contributed by atoms with Crippen LogP contribution in [0, 0.1) is 42.9 Å². The van der Waals surface area contributed by atoms with Crippen molar-refractivity contribution in [2.45, 2.75) is 126 Å². The van der Waals surface area contributed by atoms with Crippen LogP contribution < -0.4 is 28.7 Å². The van der Waals surface area contributed by atoms with E-state index in [9.17, 15) is 46.7 Å². The predicted molar refractivity (Wildman–Crippen MR) is 489 cm³/mol. The van der Waals surface area contributed by atoms with Gasteiger partial charge in [0.15, 0.2) is 5.52 Å². The maximum Gasteiger partial charge on any atom is 0.298 e. The number of nitro benzene ring substituents is 2. The first-order valence-electron chi connectivity index (χ1n) is 43.9. The van der Waals surface area contributed by atoms with E-state index in [0.29, 0.717) is 73.1 Å². The van der Waals surface area contributed by atoms with Gasteiger partial charge in [0, 0.05) is 191 Å². The van der Waals surface area contributed by atoms with Crippen molar-refractivity contribution in [3.63, 3.8) is 0 Å². The maximum absolute atomic E-state index is 14.1. The Morgan fingerprint density at radius 1 is 0.523 bits per heavy atom. The summed E-state index contributed by atoms with van der Waals surface area (Å²) in [7, 11) is -9.23. The number of ether oxygens (including phenoxy) is 4. The number of aromatic nitrogens is 8. The van der Waals surface area contributed by atoms with Gasteiger partial charge in [-0.3, -0.25) is 49.0 Å². The molecule has 6 fully saturated rings. The molecule has 6 aromatic carbocycles. The maximum atomic E-state index is 14.1. The molecular weight excluding hydrogens is 1710 g/mol. The third-order valence-electron chi connectivity index (χ3n) is 27.3. The average Bonchev–Trinajstić information content (AvgIpc) is 1.33. The number of nitrogens with zero attached hydrogens (tertiary/aromatic N) is 12. The molecule has 8 aliphatic rings. The first-order chi connectivity index (χ1) is 62.0. The summed E-state index contributed by atoms with van der Waals surface area (Å²) in [6.45, 7) is 11.5. The quantitative estimate of drug-likeness (QED) is 0.0322. The van der Waals surface area contributed by atoms with Crippen molar-refractivity contribution in [3.05, 3.63) is 234 Å². The van der Waals surface area contributed by atoms with Gasteiger partial charge in [0.1, 0.15) is 39.8 Å². The van der Waals surface area contributed by atoms with Crippen LogP contribution in [-0.4, -0.2) is 180 Å². The second-order valence-corrected chi connectivity index (χ2v) is 39.7. The Balaban J connectivity index is 0.000000167. The van der Waals surface area contributed by atoms with Crippen LogP contribution in [-0.2, 0) is 42.6 Å². The second-order valence-electron chi connectivity index (χ2n) is 35.4. The van der Waals surface area contributed by atoms with E-state index in [1.807, 2.05) is 36.4 Å². The van der Waals surface area contributed by atoms with Crippen LogP contribution in [0.5, 0.6) is 23.0 Å². The van der Waals surface area contributed by atoms with Crippen molar-refractivity contribution in [2.75, 3.05) is 102 Å². The highest BCUT2D eigenvalue weighted by atomic mass is 35.5. The molecule has 128 heavy (non-hydrogen) atoms. The number of nitro groups is 2. The number of sulfonamides is 2. The normalized spacial score (nSPS) is 18.4. The van der Waals surface area contributed by atoms with Crippen molar-refractivity contribution in [2.24, 2.45) is 22.7 Å². The number of pyridine rings is 2. The van der Waals surface area contributed by atoms with Gasteiger partial charge in [0.2, 0.25) is 0 Å². The van der Waals surface area contributed by atoms with Crippen LogP contribution in [0.4, 0.5) is 22.7 Å². The Bertz CT molecular complexity index is 6290. The van der Waals surface area contributed by atoms with Crippen molar-refractivity contribution >= 4 is 133 Å². The molecule has 2 spiro atoms. The predicted octanol–water partition coefficient (Wildman–Crippen LogP) is 17.5. The molecule has 0 bridgehead atoms. The molecule has 10 heterocycles. The van der Waals surface area contributed by atoms with Gasteiger partial charge in [-0.05, 0) is 220 Å². The van der Waals surface area contributed by atoms with Crippen molar-refractivity contribution in [1.82, 2.24) is 58.7 Å². The minimum atomic E-state index is -4.62. The zero-order valence-electron chi connectivity index (χ0n) is 70.6. The number of nitrogens with one attached hydrogen (secondary N) is 4. The van der Waals surface area contributed by atoms with Gasteiger partial charge < -0.3 is 38.7 Å². The van der Waals surface area contributed by atoms with E-state index in [1.165, 1.54) is 116 Å². The number of benzene rings is 6. The molecule has 4 N–H and O–H groups in total. The summed E-state index contributed by atoms with van der Waals surface area (Å²) in [6.07, 6.45) is 27.7. The molecule has 34 heteroatoms.